The van der Waals surface area contributed by atoms with E-state index in [1.165, 1.54) is 11.3 Å². The SMILES string of the molecule is COc1nc(C(C)C)c(Br)s1. The average molecular weight is 236 g/mol. The molecule has 2 nitrogen and oxygen atoms in total. The number of rotatable bonds is 2. The molecule has 1 heterocycles. The summed E-state index contributed by atoms with van der Waals surface area (Å²) in [6, 6.07) is 0. The first kappa shape index (κ1) is 9.00. The van der Waals surface area contributed by atoms with Gasteiger partial charge in [-0.2, -0.15) is 0 Å². The zero-order chi connectivity index (χ0) is 8.43. The van der Waals surface area contributed by atoms with Gasteiger partial charge >= 0.3 is 0 Å². The fraction of sp³-hybridized carbons (Fsp3) is 0.571. The van der Waals surface area contributed by atoms with E-state index in [1.54, 1.807) is 7.11 Å². The fourth-order valence-corrected chi connectivity index (χ4v) is 2.47. The van der Waals surface area contributed by atoms with Crippen molar-refractivity contribution in [1.29, 1.82) is 0 Å². The van der Waals surface area contributed by atoms with E-state index in [4.69, 9.17) is 4.74 Å². The van der Waals surface area contributed by atoms with Crippen LogP contribution in [0, 0.1) is 0 Å². The molecule has 0 spiro atoms. The molecule has 0 aliphatic rings. The summed E-state index contributed by atoms with van der Waals surface area (Å²) in [6.45, 7) is 4.22. The van der Waals surface area contributed by atoms with Crippen molar-refractivity contribution in [3.05, 3.63) is 9.48 Å². The maximum atomic E-state index is 5.00. The number of hydrogen-bond donors (Lipinski definition) is 0. The molecule has 1 aromatic heterocycles. The zero-order valence-corrected chi connectivity index (χ0v) is 9.12. The summed E-state index contributed by atoms with van der Waals surface area (Å²) in [5.74, 6) is 0.449. The van der Waals surface area contributed by atoms with Gasteiger partial charge in [0.25, 0.3) is 5.19 Å². The minimum atomic E-state index is 0.449. The monoisotopic (exact) mass is 235 g/mol. The summed E-state index contributed by atoms with van der Waals surface area (Å²) in [4.78, 5) is 4.28. The maximum Gasteiger partial charge on any atom is 0.274 e. The van der Waals surface area contributed by atoms with E-state index in [0.29, 0.717) is 5.92 Å². The third-order valence-corrected chi connectivity index (χ3v) is 3.02. The molecule has 0 atom stereocenters. The second kappa shape index (κ2) is 3.54. The second-order valence-corrected chi connectivity index (χ2v) is 4.78. The van der Waals surface area contributed by atoms with E-state index < -0.39 is 0 Å². The molecule has 0 radical (unpaired) electrons. The number of nitrogens with zero attached hydrogens (tertiary/aromatic N) is 1. The molecule has 0 aliphatic carbocycles. The summed E-state index contributed by atoms with van der Waals surface area (Å²) in [7, 11) is 1.63. The van der Waals surface area contributed by atoms with Crippen LogP contribution in [0.25, 0.3) is 0 Å². The lowest BCUT2D eigenvalue weighted by Crippen LogP contribution is -1.88. The van der Waals surface area contributed by atoms with E-state index in [-0.39, 0.29) is 0 Å². The van der Waals surface area contributed by atoms with Gasteiger partial charge in [0.15, 0.2) is 0 Å². The molecule has 1 rings (SSSR count). The lowest BCUT2D eigenvalue weighted by molar-refractivity contribution is 0.410. The molecule has 0 bridgehead atoms. The Balaban J connectivity index is 2.97. The van der Waals surface area contributed by atoms with Crippen LogP contribution in [0.1, 0.15) is 25.5 Å². The molecular formula is C7H10BrNOS. The Morgan fingerprint density at radius 1 is 1.55 bits per heavy atom. The number of aromatic nitrogens is 1. The van der Waals surface area contributed by atoms with Gasteiger partial charge < -0.3 is 4.74 Å². The van der Waals surface area contributed by atoms with Crippen molar-refractivity contribution in [1.82, 2.24) is 4.98 Å². The Kier molecular flexibility index (Phi) is 2.90. The van der Waals surface area contributed by atoms with Crippen molar-refractivity contribution >= 4 is 27.3 Å². The van der Waals surface area contributed by atoms with Crippen molar-refractivity contribution in [2.45, 2.75) is 19.8 Å². The van der Waals surface area contributed by atoms with Gasteiger partial charge in [-0.1, -0.05) is 25.2 Å². The van der Waals surface area contributed by atoms with Crippen molar-refractivity contribution in [3.63, 3.8) is 0 Å². The average Bonchev–Trinajstić information content (AvgIpc) is 2.30. The van der Waals surface area contributed by atoms with Crippen LogP contribution in [0.4, 0.5) is 0 Å². The van der Waals surface area contributed by atoms with Gasteiger partial charge in [0.2, 0.25) is 0 Å². The highest BCUT2D eigenvalue weighted by molar-refractivity contribution is 9.11. The van der Waals surface area contributed by atoms with Gasteiger partial charge in [0.05, 0.1) is 16.6 Å². The Morgan fingerprint density at radius 2 is 2.18 bits per heavy atom. The van der Waals surface area contributed by atoms with Crippen molar-refractivity contribution in [3.8, 4) is 5.19 Å². The molecule has 0 aromatic carbocycles. The Bertz CT molecular complexity index is 247. The molecule has 0 amide bonds. The molecule has 0 N–H and O–H groups in total. The molecule has 62 valence electrons. The number of thiazole rings is 1. The summed E-state index contributed by atoms with van der Waals surface area (Å²) >= 11 is 4.96. The second-order valence-electron chi connectivity index (χ2n) is 2.50. The molecule has 0 saturated heterocycles. The highest BCUT2D eigenvalue weighted by Gasteiger charge is 2.11. The zero-order valence-electron chi connectivity index (χ0n) is 6.72. The van der Waals surface area contributed by atoms with Gasteiger partial charge in [-0.15, -0.1) is 0 Å². The quantitative estimate of drug-likeness (QED) is 0.787. The summed E-state index contributed by atoms with van der Waals surface area (Å²) in [6.07, 6.45) is 0. The predicted octanol–water partition coefficient (Wildman–Crippen LogP) is 3.04. The minimum Gasteiger partial charge on any atom is -0.473 e. The molecule has 0 unspecified atom stereocenters. The van der Waals surface area contributed by atoms with Crippen LogP contribution < -0.4 is 4.74 Å². The van der Waals surface area contributed by atoms with E-state index >= 15 is 0 Å². The highest BCUT2D eigenvalue weighted by atomic mass is 79.9. The lowest BCUT2D eigenvalue weighted by atomic mass is 10.2. The number of halogens is 1. The number of methoxy groups -OCH3 is 1. The van der Waals surface area contributed by atoms with Crippen LogP contribution in [-0.4, -0.2) is 12.1 Å². The van der Waals surface area contributed by atoms with Crippen LogP contribution in [-0.2, 0) is 0 Å². The van der Waals surface area contributed by atoms with E-state index in [2.05, 4.69) is 34.8 Å². The fourth-order valence-electron chi connectivity index (χ4n) is 0.737. The first-order valence-corrected chi connectivity index (χ1v) is 4.96. The number of ether oxygens (including phenoxy) is 1. The van der Waals surface area contributed by atoms with Gasteiger partial charge in [-0.25, -0.2) is 4.98 Å². The number of hydrogen-bond acceptors (Lipinski definition) is 3. The largest absolute Gasteiger partial charge is 0.473 e. The third-order valence-electron chi connectivity index (χ3n) is 1.31. The van der Waals surface area contributed by atoms with Gasteiger partial charge in [0.1, 0.15) is 0 Å². The molecule has 0 saturated carbocycles. The Hall–Kier alpha value is -0.0900. The topological polar surface area (TPSA) is 22.1 Å². The molecule has 4 heteroatoms. The summed E-state index contributed by atoms with van der Waals surface area (Å²) < 4.78 is 6.08. The predicted molar refractivity (Wildman–Crippen MR) is 50.5 cm³/mol. The standard InChI is InChI=1S/C7H10BrNOS/c1-4(2)5-6(8)11-7(9-5)10-3/h4H,1-3H3. The minimum absolute atomic E-state index is 0.449. The van der Waals surface area contributed by atoms with Crippen LogP contribution in [0.2, 0.25) is 0 Å². The van der Waals surface area contributed by atoms with Crippen molar-refractivity contribution in [2.24, 2.45) is 0 Å². The van der Waals surface area contributed by atoms with Crippen LogP contribution in [0.5, 0.6) is 5.19 Å². The van der Waals surface area contributed by atoms with Gasteiger partial charge in [-0.3, -0.25) is 0 Å². The van der Waals surface area contributed by atoms with E-state index in [1.807, 2.05) is 0 Å². The normalized spacial score (nSPS) is 10.6. The molecule has 0 aliphatic heterocycles. The summed E-state index contributed by atoms with van der Waals surface area (Å²) in [5, 5.41) is 0.723. The maximum absolute atomic E-state index is 5.00. The van der Waals surface area contributed by atoms with Crippen molar-refractivity contribution in [2.75, 3.05) is 7.11 Å². The van der Waals surface area contributed by atoms with Crippen LogP contribution in [0.3, 0.4) is 0 Å². The summed E-state index contributed by atoms with van der Waals surface area (Å²) in [5.41, 5.74) is 1.08. The Labute approximate surface area is 78.7 Å². The molecular weight excluding hydrogens is 226 g/mol. The Morgan fingerprint density at radius 3 is 2.45 bits per heavy atom. The lowest BCUT2D eigenvalue weighted by Gasteiger charge is -1.97. The van der Waals surface area contributed by atoms with E-state index in [0.717, 1.165) is 14.7 Å². The van der Waals surface area contributed by atoms with Crippen molar-refractivity contribution < 1.29 is 4.74 Å². The van der Waals surface area contributed by atoms with Crippen LogP contribution >= 0.6 is 27.3 Å². The first-order valence-electron chi connectivity index (χ1n) is 3.35. The molecule has 0 fully saturated rings. The van der Waals surface area contributed by atoms with Crippen LogP contribution in [0.15, 0.2) is 3.79 Å². The third kappa shape index (κ3) is 1.93. The molecule has 1 aromatic rings. The molecule has 11 heavy (non-hydrogen) atoms. The highest BCUT2D eigenvalue weighted by Crippen LogP contribution is 2.33. The first-order chi connectivity index (χ1) is 5.15. The van der Waals surface area contributed by atoms with E-state index in [9.17, 15) is 0 Å². The van der Waals surface area contributed by atoms with Gasteiger partial charge in [0, 0.05) is 0 Å². The smallest absolute Gasteiger partial charge is 0.274 e. The van der Waals surface area contributed by atoms with Gasteiger partial charge in [-0.05, 0) is 21.8 Å².